The third kappa shape index (κ3) is 1.74. The summed E-state index contributed by atoms with van der Waals surface area (Å²) in [7, 11) is 2.26. The molecule has 1 aliphatic heterocycles. The Kier molecular flexibility index (Phi) is 2.71. The van der Waals surface area contributed by atoms with Crippen LogP contribution in [0, 0.1) is 5.92 Å². The number of halogens is 1. The van der Waals surface area contributed by atoms with Crippen molar-refractivity contribution in [2.45, 2.75) is 31.3 Å². The number of H-pyrrole nitrogens is 1. The van der Waals surface area contributed by atoms with E-state index in [0.717, 1.165) is 33.3 Å². The van der Waals surface area contributed by atoms with E-state index >= 15 is 0 Å². The molecule has 1 aromatic heterocycles. The summed E-state index contributed by atoms with van der Waals surface area (Å²) >= 11 is 3.55. The van der Waals surface area contributed by atoms with E-state index in [0.29, 0.717) is 6.04 Å². The minimum absolute atomic E-state index is 0.469. The molecule has 2 heterocycles. The van der Waals surface area contributed by atoms with E-state index < -0.39 is 0 Å². The molecule has 2 bridgehead atoms. The van der Waals surface area contributed by atoms with Crippen LogP contribution in [0.4, 0.5) is 0 Å². The van der Waals surface area contributed by atoms with E-state index in [9.17, 15) is 0 Å². The second kappa shape index (κ2) is 4.56. The van der Waals surface area contributed by atoms with Crippen LogP contribution in [0.15, 0.2) is 34.8 Å². The number of aromatic amines is 1. The molecule has 2 aromatic carbocycles. The van der Waals surface area contributed by atoms with Crippen molar-refractivity contribution >= 4 is 37.7 Å². The average Bonchev–Trinajstić information content (AvgIpc) is 3.19. The first-order chi connectivity index (χ1) is 10.7. The highest BCUT2D eigenvalue weighted by atomic mass is 79.9. The van der Waals surface area contributed by atoms with Gasteiger partial charge in [0.1, 0.15) is 5.82 Å². The Labute approximate surface area is 137 Å². The van der Waals surface area contributed by atoms with Crippen molar-refractivity contribution in [3.05, 3.63) is 40.6 Å². The van der Waals surface area contributed by atoms with E-state index in [1.807, 2.05) is 0 Å². The minimum atomic E-state index is 0.469. The van der Waals surface area contributed by atoms with Crippen LogP contribution in [0.1, 0.15) is 31.1 Å². The van der Waals surface area contributed by atoms with Crippen molar-refractivity contribution in [3.8, 4) is 0 Å². The van der Waals surface area contributed by atoms with Crippen molar-refractivity contribution in [1.29, 1.82) is 0 Å². The van der Waals surface area contributed by atoms with Crippen molar-refractivity contribution in [1.82, 2.24) is 14.9 Å². The maximum absolute atomic E-state index is 5.01. The van der Waals surface area contributed by atoms with Crippen LogP contribution in [0.25, 0.3) is 21.8 Å². The van der Waals surface area contributed by atoms with E-state index in [4.69, 9.17) is 4.98 Å². The molecule has 0 radical (unpaired) electrons. The average molecular weight is 356 g/mol. The van der Waals surface area contributed by atoms with Gasteiger partial charge in [0.05, 0.1) is 17.1 Å². The predicted octanol–water partition coefficient (Wildman–Crippen LogP) is 4.63. The fourth-order valence-electron chi connectivity index (χ4n) is 4.56. The number of likely N-dealkylation sites (tertiary alicyclic amines) is 1. The molecule has 4 heteroatoms. The van der Waals surface area contributed by atoms with Crippen LogP contribution in [0.2, 0.25) is 0 Å². The van der Waals surface area contributed by atoms with Crippen LogP contribution >= 0.6 is 15.9 Å². The van der Waals surface area contributed by atoms with Crippen molar-refractivity contribution in [2.24, 2.45) is 5.92 Å². The molecule has 3 aromatic rings. The van der Waals surface area contributed by atoms with Gasteiger partial charge >= 0.3 is 0 Å². The smallest absolute Gasteiger partial charge is 0.124 e. The molecule has 0 amide bonds. The number of benzene rings is 2. The van der Waals surface area contributed by atoms with Crippen LogP contribution in [-0.4, -0.2) is 28.0 Å². The van der Waals surface area contributed by atoms with Gasteiger partial charge in [-0.2, -0.15) is 0 Å². The molecule has 0 spiro atoms. The number of rotatable bonds is 1. The number of hydrogen-bond acceptors (Lipinski definition) is 2. The maximum atomic E-state index is 5.01. The maximum Gasteiger partial charge on any atom is 0.124 e. The monoisotopic (exact) mass is 355 g/mol. The number of aromatic nitrogens is 2. The molecule has 2 aliphatic rings. The lowest BCUT2D eigenvalue weighted by Gasteiger charge is -2.30. The van der Waals surface area contributed by atoms with Gasteiger partial charge in [-0.25, -0.2) is 4.98 Å². The van der Waals surface area contributed by atoms with Gasteiger partial charge < -0.3 is 4.98 Å². The molecule has 1 saturated carbocycles. The third-order valence-corrected chi connectivity index (χ3v) is 6.13. The van der Waals surface area contributed by atoms with Gasteiger partial charge in [0.2, 0.25) is 0 Å². The largest absolute Gasteiger partial charge is 0.341 e. The highest BCUT2D eigenvalue weighted by Gasteiger charge is 2.45. The molecular formula is C18H18BrN3. The molecule has 3 nitrogen and oxygen atoms in total. The highest BCUT2D eigenvalue weighted by Crippen LogP contribution is 2.48. The summed E-state index contributed by atoms with van der Waals surface area (Å²) in [4.78, 5) is 11.1. The molecular weight excluding hydrogens is 338 g/mol. The van der Waals surface area contributed by atoms with Crippen molar-refractivity contribution in [2.75, 3.05) is 7.05 Å². The first kappa shape index (κ1) is 13.1. The van der Waals surface area contributed by atoms with Gasteiger partial charge in [0.25, 0.3) is 0 Å². The molecule has 3 unspecified atom stereocenters. The molecule has 112 valence electrons. The zero-order chi connectivity index (χ0) is 14.8. The highest BCUT2D eigenvalue weighted by molar-refractivity contribution is 9.10. The number of fused-ring (bicyclic) bond motifs is 5. The third-order valence-electron chi connectivity index (χ3n) is 5.64. The lowest BCUT2D eigenvalue weighted by molar-refractivity contribution is 0.171. The number of hydrogen-bond donors (Lipinski definition) is 1. The molecule has 3 atom stereocenters. The van der Waals surface area contributed by atoms with Gasteiger partial charge in [-0.3, -0.25) is 4.90 Å². The lowest BCUT2D eigenvalue weighted by Crippen LogP contribution is -2.31. The van der Waals surface area contributed by atoms with Gasteiger partial charge in [-0.05, 0) is 55.8 Å². The summed E-state index contributed by atoms with van der Waals surface area (Å²) in [6.45, 7) is 0. The van der Waals surface area contributed by atoms with E-state index in [2.05, 4.69) is 63.2 Å². The quantitative estimate of drug-likeness (QED) is 0.689. The zero-order valence-electron chi connectivity index (χ0n) is 12.5. The Morgan fingerprint density at radius 1 is 1.23 bits per heavy atom. The Morgan fingerprint density at radius 2 is 2.14 bits per heavy atom. The number of nitrogens with one attached hydrogen (secondary N) is 1. The van der Waals surface area contributed by atoms with Crippen molar-refractivity contribution in [3.63, 3.8) is 0 Å². The SMILES string of the molecule is CN1C2CCC(C2)C1c1nc2c(ccc3cc(Br)ccc32)[nH]1. The molecule has 2 fully saturated rings. The van der Waals surface area contributed by atoms with Crippen LogP contribution < -0.4 is 0 Å². The topological polar surface area (TPSA) is 31.9 Å². The summed E-state index contributed by atoms with van der Waals surface area (Å²) in [5, 5.41) is 2.47. The first-order valence-corrected chi connectivity index (χ1v) is 8.80. The molecule has 22 heavy (non-hydrogen) atoms. The summed E-state index contributed by atoms with van der Waals surface area (Å²) in [6.07, 6.45) is 4.05. The zero-order valence-corrected chi connectivity index (χ0v) is 14.1. The molecule has 1 aliphatic carbocycles. The standard InChI is InChI=1S/C18H18BrN3/c1-22-13-5-2-11(9-13)17(22)18-20-15-7-3-10-8-12(19)4-6-14(10)16(15)21-18/h3-4,6-8,11,13,17H,2,5,9H2,1H3,(H,20,21). The van der Waals surface area contributed by atoms with Gasteiger partial charge in [-0.1, -0.05) is 28.1 Å². The van der Waals surface area contributed by atoms with Crippen LogP contribution in [0.3, 0.4) is 0 Å². The van der Waals surface area contributed by atoms with Crippen molar-refractivity contribution < 1.29 is 0 Å². The van der Waals surface area contributed by atoms with E-state index in [-0.39, 0.29) is 0 Å². The fourth-order valence-corrected chi connectivity index (χ4v) is 4.93. The first-order valence-electron chi connectivity index (χ1n) is 8.00. The minimum Gasteiger partial charge on any atom is -0.341 e. The van der Waals surface area contributed by atoms with Gasteiger partial charge in [0.15, 0.2) is 0 Å². The van der Waals surface area contributed by atoms with Gasteiger partial charge in [0, 0.05) is 15.9 Å². The number of imidazole rings is 1. The molecule has 5 rings (SSSR count). The predicted molar refractivity (Wildman–Crippen MR) is 92.9 cm³/mol. The molecule has 1 N–H and O–H groups in total. The summed E-state index contributed by atoms with van der Waals surface area (Å²) in [5.41, 5.74) is 2.26. The number of piperidine rings is 1. The fraction of sp³-hybridized carbons (Fsp3) is 0.389. The second-order valence-electron chi connectivity index (χ2n) is 6.79. The van der Waals surface area contributed by atoms with E-state index in [1.165, 1.54) is 30.0 Å². The van der Waals surface area contributed by atoms with Gasteiger partial charge in [-0.15, -0.1) is 0 Å². The Balaban J connectivity index is 1.69. The van der Waals surface area contributed by atoms with E-state index in [1.54, 1.807) is 0 Å². The second-order valence-corrected chi connectivity index (χ2v) is 7.70. The summed E-state index contributed by atoms with van der Waals surface area (Å²) in [6, 6.07) is 12.0. The number of nitrogens with zero attached hydrogens (tertiary/aromatic N) is 2. The normalized spacial score (nSPS) is 28.2. The van der Waals surface area contributed by atoms with Crippen LogP contribution in [-0.2, 0) is 0 Å². The molecule has 1 saturated heterocycles. The summed E-state index contributed by atoms with van der Waals surface area (Å²) in [5.74, 6) is 1.93. The lowest BCUT2D eigenvalue weighted by atomic mass is 9.98. The Morgan fingerprint density at radius 3 is 2.95 bits per heavy atom. The Bertz CT molecular complexity index is 883. The van der Waals surface area contributed by atoms with Crippen LogP contribution in [0.5, 0.6) is 0 Å². The Hall–Kier alpha value is -1.39. The summed E-state index contributed by atoms with van der Waals surface area (Å²) < 4.78 is 1.11.